The molecule has 0 radical (unpaired) electrons. The standard InChI is InChI=1S/C25H26N4O2S2/c1-31-20-9-6-8-18(14-20)22-16-33-25(28-22)29-23(30)11-12-32-24-19(15-26)13-17-7-4-2-3-5-10-21(17)27-24/h6,8-9,13-14,16H,2-5,7,10-12H2,1H3,(H,28,29,30). The molecule has 0 saturated heterocycles. The van der Waals surface area contributed by atoms with Gasteiger partial charge in [-0.25, -0.2) is 9.97 Å². The van der Waals surface area contributed by atoms with Crippen LogP contribution in [0.3, 0.4) is 0 Å². The maximum atomic E-state index is 12.5. The summed E-state index contributed by atoms with van der Waals surface area (Å²) in [4.78, 5) is 21.8. The van der Waals surface area contributed by atoms with Gasteiger partial charge in [-0.1, -0.05) is 25.0 Å². The summed E-state index contributed by atoms with van der Waals surface area (Å²) in [7, 11) is 1.63. The molecule has 0 aliphatic heterocycles. The molecule has 4 rings (SSSR count). The van der Waals surface area contributed by atoms with E-state index in [-0.39, 0.29) is 5.91 Å². The lowest BCUT2D eigenvalue weighted by Crippen LogP contribution is -2.12. The third kappa shape index (κ3) is 6.12. The third-order valence-electron chi connectivity index (χ3n) is 5.57. The van der Waals surface area contributed by atoms with Crippen molar-refractivity contribution in [2.45, 2.75) is 50.0 Å². The first-order valence-corrected chi connectivity index (χ1v) is 13.0. The van der Waals surface area contributed by atoms with Gasteiger partial charge in [-0.3, -0.25) is 4.79 Å². The predicted octanol–water partition coefficient (Wildman–Crippen LogP) is 5.87. The number of hydrogen-bond donors (Lipinski definition) is 1. The number of thiazole rings is 1. The Hall–Kier alpha value is -2.89. The number of anilines is 1. The summed E-state index contributed by atoms with van der Waals surface area (Å²) in [6.45, 7) is 0. The highest BCUT2D eigenvalue weighted by atomic mass is 32.2. The molecule has 1 N–H and O–H groups in total. The fraction of sp³-hybridized carbons (Fsp3) is 0.360. The van der Waals surface area contributed by atoms with Crippen LogP contribution >= 0.6 is 23.1 Å². The van der Waals surface area contributed by atoms with Gasteiger partial charge >= 0.3 is 0 Å². The molecule has 1 aromatic carbocycles. The van der Waals surface area contributed by atoms with E-state index in [9.17, 15) is 10.1 Å². The highest BCUT2D eigenvalue weighted by Crippen LogP contribution is 2.29. The van der Waals surface area contributed by atoms with Gasteiger partial charge in [0.15, 0.2) is 5.13 Å². The van der Waals surface area contributed by atoms with E-state index in [1.165, 1.54) is 41.5 Å². The van der Waals surface area contributed by atoms with E-state index in [1.54, 1.807) is 7.11 Å². The molecule has 2 aromatic heterocycles. The second-order valence-corrected chi connectivity index (χ2v) is 9.83. The topological polar surface area (TPSA) is 87.9 Å². The van der Waals surface area contributed by atoms with Crippen LogP contribution in [0.25, 0.3) is 11.3 Å². The van der Waals surface area contributed by atoms with Crippen molar-refractivity contribution in [1.29, 1.82) is 5.26 Å². The van der Waals surface area contributed by atoms with Crippen LogP contribution in [-0.4, -0.2) is 28.7 Å². The summed E-state index contributed by atoms with van der Waals surface area (Å²) in [6.07, 6.45) is 7.06. The van der Waals surface area contributed by atoms with Crippen LogP contribution in [0.1, 0.15) is 48.9 Å². The molecule has 33 heavy (non-hydrogen) atoms. The number of nitrogens with one attached hydrogen (secondary N) is 1. The fourth-order valence-corrected chi connectivity index (χ4v) is 5.48. The Balaban J connectivity index is 1.34. The summed E-state index contributed by atoms with van der Waals surface area (Å²) < 4.78 is 5.27. The molecule has 1 aliphatic carbocycles. The Bertz CT molecular complexity index is 1170. The van der Waals surface area contributed by atoms with Gasteiger partial charge in [0, 0.05) is 28.8 Å². The van der Waals surface area contributed by atoms with Crippen molar-refractivity contribution in [1.82, 2.24) is 9.97 Å². The number of rotatable bonds is 7. The quantitative estimate of drug-likeness (QED) is 0.428. The van der Waals surface area contributed by atoms with E-state index in [0.717, 1.165) is 53.4 Å². The molecule has 0 unspecified atom stereocenters. The van der Waals surface area contributed by atoms with Crippen LogP contribution in [0.2, 0.25) is 0 Å². The fourth-order valence-electron chi connectivity index (χ4n) is 3.83. The largest absolute Gasteiger partial charge is 0.497 e. The van der Waals surface area contributed by atoms with Crippen molar-refractivity contribution >= 4 is 34.1 Å². The number of benzene rings is 1. The van der Waals surface area contributed by atoms with Gasteiger partial charge in [0.1, 0.15) is 16.8 Å². The number of hydrogen-bond acceptors (Lipinski definition) is 7. The number of ether oxygens (including phenoxy) is 1. The molecule has 6 nitrogen and oxygen atoms in total. The molecule has 0 spiro atoms. The number of nitriles is 1. The molecule has 1 aliphatic rings. The monoisotopic (exact) mass is 478 g/mol. The van der Waals surface area contributed by atoms with Gasteiger partial charge in [-0.05, 0) is 49.4 Å². The minimum Gasteiger partial charge on any atom is -0.497 e. The number of carbonyl (C=O) groups excluding carboxylic acids is 1. The number of amides is 1. The van der Waals surface area contributed by atoms with Crippen molar-refractivity contribution in [2.75, 3.05) is 18.2 Å². The van der Waals surface area contributed by atoms with Crippen molar-refractivity contribution in [3.05, 3.63) is 52.5 Å². The number of aryl methyl sites for hydroxylation is 2. The summed E-state index contributed by atoms with van der Waals surface area (Å²) in [5.41, 5.74) is 4.68. The van der Waals surface area contributed by atoms with Crippen molar-refractivity contribution < 1.29 is 9.53 Å². The number of methoxy groups -OCH3 is 1. The van der Waals surface area contributed by atoms with E-state index in [2.05, 4.69) is 16.4 Å². The lowest BCUT2D eigenvalue weighted by molar-refractivity contribution is -0.115. The summed E-state index contributed by atoms with van der Waals surface area (Å²) >= 11 is 2.87. The second-order valence-electron chi connectivity index (χ2n) is 7.89. The van der Waals surface area contributed by atoms with Gasteiger partial charge in [0.2, 0.25) is 5.91 Å². The normalized spacial score (nSPS) is 13.3. The zero-order valence-electron chi connectivity index (χ0n) is 18.6. The van der Waals surface area contributed by atoms with E-state index in [4.69, 9.17) is 9.72 Å². The molecule has 2 heterocycles. The molecule has 0 atom stereocenters. The van der Waals surface area contributed by atoms with Crippen LogP contribution in [0.15, 0.2) is 40.7 Å². The Kier molecular flexibility index (Phi) is 7.97. The van der Waals surface area contributed by atoms with Crippen LogP contribution in [-0.2, 0) is 17.6 Å². The van der Waals surface area contributed by atoms with Gasteiger partial charge in [0.05, 0.1) is 18.4 Å². The molecular weight excluding hydrogens is 452 g/mol. The van der Waals surface area contributed by atoms with Crippen LogP contribution in [0.5, 0.6) is 5.75 Å². The van der Waals surface area contributed by atoms with E-state index < -0.39 is 0 Å². The first-order valence-electron chi connectivity index (χ1n) is 11.1. The highest BCUT2D eigenvalue weighted by Gasteiger charge is 2.15. The first-order chi connectivity index (χ1) is 16.2. The Morgan fingerprint density at radius 2 is 2.06 bits per heavy atom. The number of pyridine rings is 1. The Morgan fingerprint density at radius 1 is 1.21 bits per heavy atom. The van der Waals surface area contributed by atoms with E-state index in [0.29, 0.717) is 22.9 Å². The molecule has 8 heteroatoms. The summed E-state index contributed by atoms with van der Waals surface area (Å²) in [5.74, 6) is 1.22. The number of carbonyl (C=O) groups is 1. The minimum atomic E-state index is -0.0983. The third-order valence-corrected chi connectivity index (χ3v) is 7.32. The lowest BCUT2D eigenvalue weighted by atomic mass is 9.96. The average molecular weight is 479 g/mol. The molecule has 3 aromatic rings. The van der Waals surface area contributed by atoms with Gasteiger partial charge in [-0.15, -0.1) is 23.1 Å². The Morgan fingerprint density at radius 3 is 2.88 bits per heavy atom. The second kappa shape index (κ2) is 11.3. The van der Waals surface area contributed by atoms with Gasteiger partial charge in [-0.2, -0.15) is 5.26 Å². The van der Waals surface area contributed by atoms with E-state index in [1.807, 2.05) is 35.7 Å². The summed E-state index contributed by atoms with van der Waals surface area (Å²) in [6, 6.07) is 12.0. The highest BCUT2D eigenvalue weighted by molar-refractivity contribution is 7.99. The zero-order chi connectivity index (χ0) is 23.0. The number of thioether (sulfide) groups is 1. The van der Waals surface area contributed by atoms with Crippen molar-refractivity contribution in [2.24, 2.45) is 0 Å². The maximum absolute atomic E-state index is 12.5. The van der Waals surface area contributed by atoms with E-state index >= 15 is 0 Å². The van der Waals surface area contributed by atoms with Gasteiger partial charge < -0.3 is 10.1 Å². The first kappa shape index (κ1) is 23.3. The minimum absolute atomic E-state index is 0.0983. The summed E-state index contributed by atoms with van der Waals surface area (Å²) in [5, 5.41) is 15.7. The molecular formula is C25H26N4O2S2. The molecule has 0 saturated carbocycles. The van der Waals surface area contributed by atoms with Crippen LogP contribution in [0, 0.1) is 11.3 Å². The number of fused-ring (bicyclic) bond motifs is 1. The van der Waals surface area contributed by atoms with Crippen LogP contribution < -0.4 is 10.1 Å². The van der Waals surface area contributed by atoms with Gasteiger partial charge in [0.25, 0.3) is 0 Å². The predicted molar refractivity (Wildman–Crippen MR) is 133 cm³/mol. The average Bonchev–Trinajstić information content (AvgIpc) is 3.28. The molecule has 0 bridgehead atoms. The number of nitrogens with zero attached hydrogens (tertiary/aromatic N) is 3. The molecule has 1 amide bonds. The van der Waals surface area contributed by atoms with Crippen molar-refractivity contribution in [3.8, 4) is 23.1 Å². The molecule has 170 valence electrons. The molecule has 0 fully saturated rings. The van der Waals surface area contributed by atoms with Crippen LogP contribution in [0.4, 0.5) is 5.13 Å². The smallest absolute Gasteiger partial charge is 0.226 e. The maximum Gasteiger partial charge on any atom is 0.226 e. The Labute approximate surface area is 202 Å². The number of aromatic nitrogens is 2. The van der Waals surface area contributed by atoms with Crippen molar-refractivity contribution in [3.63, 3.8) is 0 Å². The SMILES string of the molecule is COc1cccc(-c2csc(NC(=O)CCSc3nc4c(cc3C#N)CCCCCC4)n2)c1. The zero-order valence-corrected chi connectivity index (χ0v) is 20.2. The lowest BCUT2D eigenvalue weighted by Gasteiger charge is -2.15.